The van der Waals surface area contributed by atoms with Gasteiger partial charge in [-0.25, -0.2) is 9.78 Å². The number of nitrogens with zero attached hydrogens (tertiary/aromatic N) is 1. The third kappa shape index (κ3) is 6.43. The van der Waals surface area contributed by atoms with E-state index in [1.54, 1.807) is 12.1 Å². The normalized spacial score (nSPS) is 10.2. The van der Waals surface area contributed by atoms with Crippen LogP contribution in [-0.4, -0.2) is 23.5 Å². The van der Waals surface area contributed by atoms with Crippen molar-refractivity contribution in [1.82, 2.24) is 20.9 Å². The Morgan fingerprint density at radius 1 is 1.04 bits per heavy atom. The molecule has 132 valence electrons. The van der Waals surface area contributed by atoms with E-state index in [-0.39, 0.29) is 11.9 Å². The number of carbonyl (C=O) groups excluding carboxylic acids is 2. The third-order valence-corrected chi connectivity index (χ3v) is 3.65. The average Bonchev–Trinajstić information content (AvgIpc) is 2.63. The largest absolute Gasteiger partial charge is 0.348 e. The van der Waals surface area contributed by atoms with E-state index in [1.165, 1.54) is 6.20 Å². The van der Waals surface area contributed by atoms with Crippen molar-refractivity contribution in [3.8, 4) is 0 Å². The quantitative estimate of drug-likeness (QED) is 0.664. The highest BCUT2D eigenvalue weighted by atomic mass is 35.5. The second kappa shape index (κ2) is 9.64. The number of rotatable bonds is 7. The molecule has 0 saturated carbocycles. The summed E-state index contributed by atoms with van der Waals surface area (Å²) in [5.41, 5.74) is 2.37. The zero-order valence-corrected chi connectivity index (χ0v) is 14.8. The van der Waals surface area contributed by atoms with Crippen molar-refractivity contribution in [2.45, 2.75) is 26.4 Å². The highest BCUT2D eigenvalue weighted by Crippen LogP contribution is 2.07. The van der Waals surface area contributed by atoms with Crippen LogP contribution < -0.4 is 16.0 Å². The summed E-state index contributed by atoms with van der Waals surface area (Å²) >= 11 is 5.71. The SMILES string of the molecule is CCCNC(=O)NCc1cccc(CNC(=O)c2ccc(Cl)nc2)c1. The van der Waals surface area contributed by atoms with Gasteiger partial charge in [-0.05, 0) is 29.7 Å². The van der Waals surface area contributed by atoms with E-state index < -0.39 is 0 Å². The van der Waals surface area contributed by atoms with Gasteiger partial charge < -0.3 is 16.0 Å². The summed E-state index contributed by atoms with van der Waals surface area (Å²) in [4.78, 5) is 27.5. The van der Waals surface area contributed by atoms with Gasteiger partial charge in [-0.2, -0.15) is 0 Å². The molecular weight excluding hydrogens is 340 g/mol. The van der Waals surface area contributed by atoms with Crippen molar-refractivity contribution in [2.24, 2.45) is 0 Å². The Balaban J connectivity index is 1.85. The van der Waals surface area contributed by atoms with E-state index in [1.807, 2.05) is 31.2 Å². The van der Waals surface area contributed by atoms with Gasteiger partial charge in [0.2, 0.25) is 0 Å². The summed E-state index contributed by atoms with van der Waals surface area (Å²) in [6.45, 7) is 3.46. The van der Waals surface area contributed by atoms with E-state index in [4.69, 9.17) is 11.6 Å². The number of pyridine rings is 1. The fraction of sp³-hybridized carbons (Fsp3) is 0.278. The molecule has 1 aromatic carbocycles. The molecule has 0 radical (unpaired) electrons. The van der Waals surface area contributed by atoms with Gasteiger partial charge in [0.1, 0.15) is 5.15 Å². The molecule has 2 aromatic rings. The number of halogens is 1. The Kier molecular flexibility index (Phi) is 7.22. The number of benzene rings is 1. The molecule has 0 fully saturated rings. The predicted octanol–water partition coefficient (Wildman–Crippen LogP) is 2.87. The zero-order chi connectivity index (χ0) is 18.1. The van der Waals surface area contributed by atoms with Crippen LogP contribution in [0, 0.1) is 0 Å². The van der Waals surface area contributed by atoms with Crippen molar-refractivity contribution in [2.75, 3.05) is 6.54 Å². The lowest BCUT2D eigenvalue weighted by molar-refractivity contribution is 0.0950. The number of urea groups is 1. The van der Waals surface area contributed by atoms with Crippen LogP contribution in [0.2, 0.25) is 5.15 Å². The topological polar surface area (TPSA) is 83.1 Å². The second-order valence-corrected chi connectivity index (χ2v) is 5.87. The maximum atomic E-state index is 12.1. The van der Waals surface area contributed by atoms with Crippen molar-refractivity contribution in [1.29, 1.82) is 0 Å². The molecule has 1 aromatic heterocycles. The van der Waals surface area contributed by atoms with Crippen LogP contribution in [0.5, 0.6) is 0 Å². The van der Waals surface area contributed by atoms with Crippen molar-refractivity contribution < 1.29 is 9.59 Å². The van der Waals surface area contributed by atoms with E-state index in [0.29, 0.717) is 30.4 Å². The van der Waals surface area contributed by atoms with Crippen LogP contribution in [0.4, 0.5) is 4.79 Å². The second-order valence-electron chi connectivity index (χ2n) is 5.48. The summed E-state index contributed by atoms with van der Waals surface area (Å²) in [5.74, 6) is -0.216. The molecule has 0 spiro atoms. The number of amides is 3. The fourth-order valence-electron chi connectivity index (χ4n) is 2.13. The molecule has 25 heavy (non-hydrogen) atoms. The summed E-state index contributed by atoms with van der Waals surface area (Å²) < 4.78 is 0. The molecule has 0 aliphatic heterocycles. The molecule has 0 aliphatic rings. The lowest BCUT2D eigenvalue weighted by Gasteiger charge is -2.09. The first-order chi connectivity index (χ1) is 12.1. The molecule has 0 saturated heterocycles. The lowest BCUT2D eigenvalue weighted by Crippen LogP contribution is -2.35. The van der Waals surface area contributed by atoms with Gasteiger partial charge >= 0.3 is 6.03 Å². The highest BCUT2D eigenvalue weighted by molar-refractivity contribution is 6.29. The summed E-state index contributed by atoms with van der Waals surface area (Å²) in [6.07, 6.45) is 2.33. The molecule has 1 heterocycles. The van der Waals surface area contributed by atoms with Gasteiger partial charge in [0.05, 0.1) is 5.56 Å². The fourth-order valence-corrected chi connectivity index (χ4v) is 2.24. The summed E-state index contributed by atoms with van der Waals surface area (Å²) in [6, 6.07) is 10.7. The average molecular weight is 361 g/mol. The number of nitrogens with one attached hydrogen (secondary N) is 3. The molecular formula is C18H21ClN4O2. The smallest absolute Gasteiger partial charge is 0.315 e. The van der Waals surface area contributed by atoms with E-state index in [9.17, 15) is 9.59 Å². The van der Waals surface area contributed by atoms with Crippen molar-refractivity contribution >= 4 is 23.5 Å². The number of carbonyl (C=O) groups is 2. The van der Waals surface area contributed by atoms with E-state index in [2.05, 4.69) is 20.9 Å². The lowest BCUT2D eigenvalue weighted by atomic mass is 10.1. The van der Waals surface area contributed by atoms with Gasteiger partial charge in [-0.1, -0.05) is 42.8 Å². The van der Waals surface area contributed by atoms with Crippen molar-refractivity contribution in [3.63, 3.8) is 0 Å². The van der Waals surface area contributed by atoms with Gasteiger partial charge in [0.25, 0.3) is 5.91 Å². The van der Waals surface area contributed by atoms with Crippen LogP contribution in [0.15, 0.2) is 42.6 Å². The van der Waals surface area contributed by atoms with Crippen LogP contribution >= 0.6 is 11.6 Å². The monoisotopic (exact) mass is 360 g/mol. The molecule has 0 unspecified atom stereocenters. The Morgan fingerprint density at radius 2 is 1.76 bits per heavy atom. The molecule has 3 N–H and O–H groups in total. The van der Waals surface area contributed by atoms with Gasteiger partial charge in [0.15, 0.2) is 0 Å². The first-order valence-corrected chi connectivity index (χ1v) is 8.45. The Labute approximate surface area is 152 Å². The number of aromatic nitrogens is 1. The Morgan fingerprint density at radius 3 is 2.40 bits per heavy atom. The minimum absolute atomic E-state index is 0.184. The minimum atomic E-state index is -0.216. The summed E-state index contributed by atoms with van der Waals surface area (Å²) in [7, 11) is 0. The first kappa shape index (κ1) is 18.7. The number of hydrogen-bond acceptors (Lipinski definition) is 3. The van der Waals surface area contributed by atoms with Gasteiger partial charge in [0, 0.05) is 25.8 Å². The number of hydrogen-bond donors (Lipinski definition) is 3. The van der Waals surface area contributed by atoms with Crippen molar-refractivity contribution in [3.05, 3.63) is 64.4 Å². The Hall–Kier alpha value is -2.60. The standard InChI is InChI=1S/C18H21ClN4O2/c1-2-8-20-18(25)23-11-14-5-3-4-13(9-14)10-22-17(24)15-6-7-16(19)21-12-15/h3-7,9,12H,2,8,10-11H2,1H3,(H,22,24)(H2,20,23,25). The molecule has 6 nitrogen and oxygen atoms in total. The Bertz CT molecular complexity index is 719. The maximum Gasteiger partial charge on any atom is 0.315 e. The van der Waals surface area contributed by atoms with Crippen LogP contribution in [0.25, 0.3) is 0 Å². The zero-order valence-electron chi connectivity index (χ0n) is 14.0. The summed E-state index contributed by atoms with van der Waals surface area (Å²) in [5, 5.41) is 8.74. The molecule has 0 aliphatic carbocycles. The molecule has 3 amide bonds. The molecule has 0 bridgehead atoms. The minimum Gasteiger partial charge on any atom is -0.348 e. The highest BCUT2D eigenvalue weighted by Gasteiger charge is 2.06. The third-order valence-electron chi connectivity index (χ3n) is 3.42. The van der Waals surface area contributed by atoms with Crippen LogP contribution in [-0.2, 0) is 13.1 Å². The maximum absolute atomic E-state index is 12.1. The van der Waals surface area contributed by atoms with Gasteiger partial charge in [-0.3, -0.25) is 4.79 Å². The molecule has 7 heteroatoms. The van der Waals surface area contributed by atoms with Crippen LogP contribution in [0.1, 0.15) is 34.8 Å². The molecule has 0 atom stereocenters. The first-order valence-electron chi connectivity index (χ1n) is 8.07. The van der Waals surface area contributed by atoms with E-state index >= 15 is 0 Å². The molecule has 2 rings (SSSR count). The van der Waals surface area contributed by atoms with Crippen LogP contribution in [0.3, 0.4) is 0 Å². The predicted molar refractivity (Wildman–Crippen MR) is 97.4 cm³/mol. The van der Waals surface area contributed by atoms with E-state index in [0.717, 1.165) is 17.5 Å². The van der Waals surface area contributed by atoms with Gasteiger partial charge in [-0.15, -0.1) is 0 Å².